The number of nitrogens with zero attached hydrogens (tertiary/aromatic N) is 2. The molecule has 1 atom stereocenters. The van der Waals surface area contributed by atoms with Crippen LogP contribution in [0.3, 0.4) is 0 Å². The Labute approximate surface area is 154 Å². The third-order valence-electron chi connectivity index (χ3n) is 4.27. The quantitative estimate of drug-likeness (QED) is 0.765. The molecule has 1 unspecified atom stereocenters. The van der Waals surface area contributed by atoms with E-state index < -0.39 is 0 Å². The second-order valence-corrected chi connectivity index (χ2v) is 6.69. The molecule has 0 spiro atoms. The van der Waals surface area contributed by atoms with Crippen LogP contribution in [0.15, 0.2) is 52.8 Å². The van der Waals surface area contributed by atoms with Crippen molar-refractivity contribution in [3.63, 3.8) is 0 Å². The molecule has 4 bridgehead atoms. The maximum Gasteiger partial charge on any atom is 0.146 e. The molecular weight excluding hydrogens is 332 g/mol. The molecule has 1 aromatic carbocycles. The fraction of sp³-hybridized carbons (Fsp3) is 0.300. The number of aliphatic imine (C=N–C) groups is 1. The number of halogens is 1. The van der Waals surface area contributed by atoms with Crippen molar-refractivity contribution in [2.45, 2.75) is 39.8 Å². The van der Waals surface area contributed by atoms with E-state index in [1.807, 2.05) is 32.3 Å². The van der Waals surface area contributed by atoms with Crippen LogP contribution in [-0.4, -0.2) is 17.0 Å². The predicted molar refractivity (Wildman–Crippen MR) is 107 cm³/mol. The van der Waals surface area contributed by atoms with E-state index in [2.05, 4.69) is 46.8 Å². The first-order chi connectivity index (χ1) is 12.0. The lowest BCUT2D eigenvalue weighted by Crippen LogP contribution is -2.20. The number of rotatable bonds is 1. The number of aryl methyl sites for hydroxylation is 3. The summed E-state index contributed by atoms with van der Waals surface area (Å²) in [5.41, 5.74) is 5.77. The van der Waals surface area contributed by atoms with Gasteiger partial charge in [-0.05, 0) is 68.5 Å². The van der Waals surface area contributed by atoms with Crippen LogP contribution in [0.2, 0.25) is 0 Å². The van der Waals surface area contributed by atoms with Crippen LogP contribution < -0.4 is 10.6 Å². The number of pyridine rings is 1. The molecule has 2 aromatic rings. The SMILES string of the molecule is C/C=C(Cl)\C1=N/C(C)Nc2cncc(c2)CCc2cc(ccc2C)N1. The fourth-order valence-electron chi connectivity index (χ4n) is 2.90. The molecule has 1 aromatic heterocycles. The molecule has 2 heterocycles. The van der Waals surface area contributed by atoms with E-state index in [0.29, 0.717) is 10.9 Å². The van der Waals surface area contributed by atoms with E-state index >= 15 is 0 Å². The van der Waals surface area contributed by atoms with E-state index in [-0.39, 0.29) is 6.17 Å². The van der Waals surface area contributed by atoms with Crippen molar-refractivity contribution >= 4 is 28.8 Å². The van der Waals surface area contributed by atoms with Crippen molar-refractivity contribution in [1.29, 1.82) is 0 Å². The van der Waals surface area contributed by atoms with Crippen molar-refractivity contribution in [3.05, 3.63) is 64.5 Å². The summed E-state index contributed by atoms with van der Waals surface area (Å²) in [6.45, 7) is 6.04. The van der Waals surface area contributed by atoms with Crippen LogP contribution in [0.1, 0.15) is 30.5 Å². The minimum Gasteiger partial charge on any atom is -0.363 e. The van der Waals surface area contributed by atoms with Crippen molar-refractivity contribution in [2.75, 3.05) is 10.6 Å². The molecule has 0 saturated heterocycles. The van der Waals surface area contributed by atoms with Gasteiger partial charge in [-0.2, -0.15) is 0 Å². The van der Waals surface area contributed by atoms with Crippen LogP contribution in [0.5, 0.6) is 0 Å². The van der Waals surface area contributed by atoms with Gasteiger partial charge >= 0.3 is 0 Å². The molecule has 0 radical (unpaired) electrons. The maximum absolute atomic E-state index is 6.37. The zero-order valence-corrected chi connectivity index (χ0v) is 15.6. The van der Waals surface area contributed by atoms with Crippen molar-refractivity contribution < 1.29 is 0 Å². The summed E-state index contributed by atoms with van der Waals surface area (Å²) in [6.07, 6.45) is 7.37. The molecule has 0 aliphatic carbocycles. The molecule has 2 N–H and O–H groups in total. The zero-order valence-electron chi connectivity index (χ0n) is 14.8. The monoisotopic (exact) mass is 354 g/mol. The molecule has 1 aliphatic heterocycles. The number of amidine groups is 1. The number of allylic oxidation sites excluding steroid dienone is 1. The van der Waals surface area contributed by atoms with Gasteiger partial charge in [0.2, 0.25) is 0 Å². The first-order valence-corrected chi connectivity index (χ1v) is 8.90. The summed E-state index contributed by atoms with van der Waals surface area (Å²) in [6, 6.07) is 8.51. The van der Waals surface area contributed by atoms with Crippen LogP contribution in [0.25, 0.3) is 0 Å². The van der Waals surface area contributed by atoms with Crippen LogP contribution in [0.4, 0.5) is 11.4 Å². The minimum absolute atomic E-state index is 0.140. The first kappa shape index (κ1) is 17.5. The molecule has 4 nitrogen and oxygen atoms in total. The van der Waals surface area contributed by atoms with Crippen molar-refractivity contribution in [3.8, 4) is 0 Å². The normalized spacial score (nSPS) is 20.1. The van der Waals surface area contributed by atoms with Gasteiger partial charge in [0.15, 0.2) is 0 Å². The number of hydrogen-bond acceptors (Lipinski definition) is 4. The summed E-state index contributed by atoms with van der Waals surface area (Å²) in [4.78, 5) is 9.06. The molecule has 5 heteroatoms. The standard InChI is InChI=1S/C20H23ClN4/c1-4-19(21)20-24-14(3)23-18-9-15(11-22-12-18)6-7-16-10-17(25-20)8-5-13(16)2/h4-5,8-12,14,23H,6-7H2,1-3H3,(H,24,25)/b19-4+. The summed E-state index contributed by atoms with van der Waals surface area (Å²) in [7, 11) is 0. The van der Waals surface area contributed by atoms with Crippen LogP contribution in [-0.2, 0) is 12.8 Å². The predicted octanol–water partition coefficient (Wildman–Crippen LogP) is 4.90. The molecule has 130 valence electrons. The van der Waals surface area contributed by atoms with E-state index in [9.17, 15) is 0 Å². The maximum atomic E-state index is 6.37. The Hall–Kier alpha value is -2.33. The van der Waals surface area contributed by atoms with Gasteiger partial charge in [-0.3, -0.25) is 4.98 Å². The van der Waals surface area contributed by atoms with Crippen LogP contribution in [0, 0.1) is 6.92 Å². The first-order valence-electron chi connectivity index (χ1n) is 8.52. The number of aromatic nitrogens is 1. The van der Waals surface area contributed by atoms with Gasteiger partial charge in [0, 0.05) is 11.9 Å². The minimum atomic E-state index is -0.140. The largest absolute Gasteiger partial charge is 0.363 e. The van der Waals surface area contributed by atoms with Crippen molar-refractivity contribution in [1.82, 2.24) is 4.98 Å². The summed E-state index contributed by atoms with van der Waals surface area (Å²) < 4.78 is 0. The molecule has 0 fully saturated rings. The molecule has 0 saturated carbocycles. The second kappa shape index (κ2) is 7.70. The topological polar surface area (TPSA) is 49.3 Å². The van der Waals surface area contributed by atoms with Gasteiger partial charge in [-0.1, -0.05) is 23.7 Å². The average molecular weight is 355 g/mol. The highest BCUT2D eigenvalue weighted by Gasteiger charge is 2.11. The molecular formula is C20H23ClN4. The Morgan fingerprint density at radius 2 is 2.04 bits per heavy atom. The Morgan fingerprint density at radius 1 is 1.20 bits per heavy atom. The van der Waals surface area contributed by atoms with E-state index in [0.717, 1.165) is 24.2 Å². The van der Waals surface area contributed by atoms with Crippen LogP contribution >= 0.6 is 11.6 Å². The smallest absolute Gasteiger partial charge is 0.146 e. The van der Waals surface area contributed by atoms with Gasteiger partial charge < -0.3 is 10.6 Å². The highest BCUT2D eigenvalue weighted by Crippen LogP contribution is 2.21. The number of fused-ring (bicyclic) bond motifs is 4. The summed E-state index contributed by atoms with van der Waals surface area (Å²) in [5.74, 6) is 0.655. The second-order valence-electron chi connectivity index (χ2n) is 6.28. The zero-order chi connectivity index (χ0) is 17.8. The lowest BCUT2D eigenvalue weighted by atomic mass is 10.0. The van der Waals surface area contributed by atoms with Gasteiger partial charge in [-0.15, -0.1) is 0 Å². The Bertz CT molecular complexity index is 826. The highest BCUT2D eigenvalue weighted by atomic mass is 35.5. The van der Waals surface area contributed by atoms with E-state index in [1.54, 1.807) is 0 Å². The highest BCUT2D eigenvalue weighted by molar-refractivity contribution is 6.44. The fourth-order valence-corrected chi connectivity index (χ4v) is 2.99. The molecule has 0 amide bonds. The molecule has 3 rings (SSSR count). The van der Waals surface area contributed by atoms with E-state index in [4.69, 9.17) is 16.6 Å². The Kier molecular flexibility index (Phi) is 5.39. The Balaban J connectivity index is 2.06. The molecule has 1 aliphatic rings. The third-order valence-corrected chi connectivity index (χ3v) is 4.66. The lowest BCUT2D eigenvalue weighted by molar-refractivity contribution is 0.850. The number of nitrogens with one attached hydrogen (secondary N) is 2. The average Bonchev–Trinajstić information content (AvgIpc) is 2.61. The van der Waals surface area contributed by atoms with Crippen molar-refractivity contribution in [2.24, 2.45) is 4.99 Å². The van der Waals surface area contributed by atoms with E-state index in [1.165, 1.54) is 16.7 Å². The number of benzene rings is 1. The number of hydrogen-bond donors (Lipinski definition) is 2. The van der Waals surface area contributed by atoms with Gasteiger partial charge in [0.05, 0.1) is 16.9 Å². The van der Waals surface area contributed by atoms with Gasteiger partial charge in [-0.25, -0.2) is 4.99 Å². The third kappa shape index (κ3) is 4.40. The van der Waals surface area contributed by atoms with Gasteiger partial charge in [0.25, 0.3) is 0 Å². The molecule has 25 heavy (non-hydrogen) atoms. The lowest BCUT2D eigenvalue weighted by Gasteiger charge is -2.15. The number of anilines is 2. The Morgan fingerprint density at radius 3 is 2.84 bits per heavy atom. The van der Waals surface area contributed by atoms with Gasteiger partial charge in [0.1, 0.15) is 12.0 Å². The summed E-state index contributed by atoms with van der Waals surface area (Å²) in [5, 5.41) is 7.33. The summed E-state index contributed by atoms with van der Waals surface area (Å²) >= 11 is 6.37.